The Balaban J connectivity index is 2.46. The van der Waals surface area contributed by atoms with Crippen LogP contribution in [0.25, 0.3) is 11.4 Å². The highest BCUT2D eigenvalue weighted by Gasteiger charge is 2.06. The van der Waals surface area contributed by atoms with Crippen LogP contribution in [0.2, 0.25) is 0 Å². The van der Waals surface area contributed by atoms with E-state index >= 15 is 0 Å². The van der Waals surface area contributed by atoms with Crippen molar-refractivity contribution >= 4 is 0 Å². The van der Waals surface area contributed by atoms with E-state index < -0.39 is 0 Å². The Morgan fingerprint density at radius 3 is 3.00 bits per heavy atom. The van der Waals surface area contributed by atoms with Crippen LogP contribution in [0.5, 0.6) is 0 Å². The summed E-state index contributed by atoms with van der Waals surface area (Å²) in [5.41, 5.74) is 1.38. The summed E-state index contributed by atoms with van der Waals surface area (Å²) in [6.07, 6.45) is 4.78. The molecule has 0 radical (unpaired) electrons. The normalized spacial score (nSPS) is 9.82. The van der Waals surface area contributed by atoms with Crippen LogP contribution >= 0.6 is 0 Å². The van der Waals surface area contributed by atoms with Crippen molar-refractivity contribution in [2.45, 2.75) is 0 Å². The van der Waals surface area contributed by atoms with Crippen molar-refractivity contribution in [3.8, 4) is 11.4 Å². The first-order chi connectivity index (χ1) is 5.47. The van der Waals surface area contributed by atoms with Crippen molar-refractivity contribution < 1.29 is 9.51 Å². The average Bonchev–Trinajstić information content (AvgIpc) is 2.58. The summed E-state index contributed by atoms with van der Waals surface area (Å²) in [5, 5.41) is 7.02. The smallest absolute Gasteiger partial charge is 0.284 e. The molecule has 0 aliphatic rings. The maximum absolute atomic E-state index is 4.56. The third-order valence-corrected chi connectivity index (χ3v) is 1.24. The summed E-state index contributed by atoms with van der Waals surface area (Å²) in [6.45, 7) is 0. The van der Waals surface area contributed by atoms with E-state index in [-0.39, 0.29) is 0 Å². The molecule has 2 heterocycles. The molecule has 54 valence electrons. The largest absolute Gasteiger partial charge is 0.345 e. The van der Waals surface area contributed by atoms with Crippen molar-refractivity contribution in [1.82, 2.24) is 15.4 Å². The average molecular weight is 149 g/mol. The minimum absolute atomic E-state index is 0.638. The molecule has 5 heteroatoms. The summed E-state index contributed by atoms with van der Waals surface area (Å²) in [4.78, 5) is 6.81. The topological polar surface area (TPSA) is 66.0 Å². The zero-order valence-electron chi connectivity index (χ0n) is 5.56. The summed E-state index contributed by atoms with van der Waals surface area (Å²) in [5.74, 6) is 0. The predicted molar refractivity (Wildman–Crippen MR) is 34.1 cm³/mol. The monoisotopic (exact) mass is 149 g/mol. The number of rotatable bonds is 1. The molecule has 0 bridgehead atoms. The number of hydrogen-bond donors (Lipinski definition) is 0. The molecule has 2 aromatic rings. The lowest BCUT2D eigenvalue weighted by molar-refractivity contribution is -0.382. The molecule has 0 aliphatic heterocycles. The fourth-order valence-corrected chi connectivity index (χ4v) is 0.748. The highest BCUT2D eigenvalue weighted by Crippen LogP contribution is 2.08. The van der Waals surface area contributed by atoms with Gasteiger partial charge in [-0.05, 0) is 4.98 Å². The zero-order chi connectivity index (χ0) is 7.52. The van der Waals surface area contributed by atoms with Gasteiger partial charge in [0.1, 0.15) is 0 Å². The van der Waals surface area contributed by atoms with Crippen LogP contribution in [0.15, 0.2) is 29.4 Å². The lowest BCUT2D eigenvalue weighted by Gasteiger charge is -1.80. The highest BCUT2D eigenvalue weighted by atomic mass is 16.5. The zero-order valence-corrected chi connectivity index (χ0v) is 5.56. The minimum atomic E-state index is 0.638. The number of hydrogen-bond acceptors (Lipinski definition) is 4. The fraction of sp³-hybridized carbons (Fsp3) is 0. The van der Waals surface area contributed by atoms with Crippen LogP contribution in [0, 0.1) is 0 Å². The molecule has 1 N–H and O–H groups in total. The van der Waals surface area contributed by atoms with E-state index in [1.807, 2.05) is 0 Å². The maximum atomic E-state index is 4.56. The van der Waals surface area contributed by atoms with Gasteiger partial charge in [-0.1, -0.05) is 0 Å². The Morgan fingerprint density at radius 1 is 1.36 bits per heavy atom. The molecule has 0 aliphatic carbocycles. The van der Waals surface area contributed by atoms with Gasteiger partial charge in [0.15, 0.2) is 12.0 Å². The van der Waals surface area contributed by atoms with E-state index in [2.05, 4.69) is 24.9 Å². The second kappa shape index (κ2) is 2.45. The van der Waals surface area contributed by atoms with Crippen LogP contribution in [-0.2, 0) is 0 Å². The van der Waals surface area contributed by atoms with Crippen LogP contribution < -0.4 is 4.98 Å². The van der Waals surface area contributed by atoms with Gasteiger partial charge in [-0.3, -0.25) is 4.98 Å². The quantitative estimate of drug-likeness (QED) is 0.570. The molecule has 2 aromatic heterocycles. The second-order valence-corrected chi connectivity index (χ2v) is 1.93. The molecule has 2 rings (SSSR count). The SMILES string of the molecule is c1cc(-c2conn2)nc[nH+]1. The summed E-state index contributed by atoms with van der Waals surface area (Å²) < 4.78 is 4.56. The van der Waals surface area contributed by atoms with Gasteiger partial charge in [0.2, 0.25) is 5.69 Å². The Labute approximate surface area is 62.1 Å². The first-order valence-electron chi connectivity index (χ1n) is 3.06. The first kappa shape index (κ1) is 5.96. The number of nitrogens with zero attached hydrogens (tertiary/aromatic N) is 3. The van der Waals surface area contributed by atoms with E-state index in [4.69, 9.17) is 0 Å². The van der Waals surface area contributed by atoms with Crippen molar-refractivity contribution in [2.24, 2.45) is 0 Å². The van der Waals surface area contributed by atoms with Gasteiger partial charge < -0.3 is 4.52 Å². The van der Waals surface area contributed by atoms with Gasteiger partial charge in [-0.15, -0.1) is 5.10 Å². The van der Waals surface area contributed by atoms with E-state index in [0.29, 0.717) is 5.69 Å². The van der Waals surface area contributed by atoms with Gasteiger partial charge in [0.05, 0.1) is 6.20 Å². The Bertz CT molecular complexity index is 318. The van der Waals surface area contributed by atoms with Crippen molar-refractivity contribution in [3.63, 3.8) is 0 Å². The van der Waals surface area contributed by atoms with Crippen molar-refractivity contribution in [2.75, 3.05) is 0 Å². The molecule has 0 atom stereocenters. The summed E-state index contributed by atoms with van der Waals surface area (Å²) in [6, 6.07) is 1.79. The molecule has 0 aromatic carbocycles. The molecule has 0 fully saturated rings. The molecule has 0 saturated carbocycles. The van der Waals surface area contributed by atoms with Crippen LogP contribution in [0.3, 0.4) is 0 Å². The number of aromatic amines is 1. The second-order valence-electron chi connectivity index (χ2n) is 1.93. The molecule has 0 saturated heterocycles. The molecule has 11 heavy (non-hydrogen) atoms. The number of aromatic nitrogens is 4. The van der Waals surface area contributed by atoms with Gasteiger partial charge in [-0.25, -0.2) is 0 Å². The molecule has 0 spiro atoms. The summed E-state index contributed by atoms with van der Waals surface area (Å²) >= 11 is 0. The Morgan fingerprint density at radius 2 is 2.36 bits per heavy atom. The fourth-order valence-electron chi connectivity index (χ4n) is 0.748. The van der Waals surface area contributed by atoms with Crippen molar-refractivity contribution in [3.05, 3.63) is 24.9 Å². The number of H-pyrrole nitrogens is 1. The molecule has 0 amide bonds. The lowest BCUT2D eigenvalue weighted by atomic mass is 10.3. The Kier molecular flexibility index (Phi) is 1.33. The van der Waals surface area contributed by atoms with E-state index in [1.54, 1.807) is 18.6 Å². The van der Waals surface area contributed by atoms with Crippen LogP contribution in [0.4, 0.5) is 0 Å². The highest BCUT2D eigenvalue weighted by molar-refractivity contribution is 5.49. The van der Waals surface area contributed by atoms with E-state index in [1.165, 1.54) is 6.26 Å². The summed E-state index contributed by atoms with van der Waals surface area (Å²) in [7, 11) is 0. The first-order valence-corrected chi connectivity index (χ1v) is 3.06. The predicted octanol–water partition coefficient (Wildman–Crippen LogP) is -0.0543. The van der Waals surface area contributed by atoms with Gasteiger partial charge >= 0.3 is 0 Å². The number of nitrogens with one attached hydrogen (secondary N) is 1. The van der Waals surface area contributed by atoms with Crippen LogP contribution in [0.1, 0.15) is 0 Å². The van der Waals surface area contributed by atoms with E-state index in [0.717, 1.165) is 5.69 Å². The van der Waals surface area contributed by atoms with Gasteiger partial charge in [-0.2, -0.15) is 0 Å². The van der Waals surface area contributed by atoms with Crippen LogP contribution in [-0.4, -0.2) is 15.4 Å². The third-order valence-electron chi connectivity index (χ3n) is 1.24. The minimum Gasteiger partial charge on any atom is -0.345 e. The molecular weight excluding hydrogens is 144 g/mol. The standard InChI is InChI=1S/C6H4N4O/c1-2-7-4-8-5(1)6-3-11-10-9-6/h1-4H/p+1. The molecule has 5 nitrogen and oxygen atoms in total. The van der Waals surface area contributed by atoms with Gasteiger partial charge in [0, 0.05) is 11.3 Å². The van der Waals surface area contributed by atoms with Gasteiger partial charge in [0.25, 0.3) is 6.33 Å². The lowest BCUT2D eigenvalue weighted by Crippen LogP contribution is -2.00. The van der Waals surface area contributed by atoms with Crippen molar-refractivity contribution in [1.29, 1.82) is 0 Å². The maximum Gasteiger partial charge on any atom is 0.284 e. The van der Waals surface area contributed by atoms with E-state index in [9.17, 15) is 0 Å². The third kappa shape index (κ3) is 1.07. The Hall–Kier alpha value is -1.78. The molecular formula is C6H5N4O+. The molecule has 0 unspecified atom stereocenters.